The molecule has 1 aliphatic heterocycles. The number of likely N-dealkylation sites (N-methyl/N-ethyl adjacent to an activating group) is 1. The minimum atomic E-state index is -0.978. The Bertz CT molecular complexity index is 1290. The summed E-state index contributed by atoms with van der Waals surface area (Å²) in [6, 6.07) is 8.81. The number of hydrogen-bond acceptors (Lipinski definition) is 7. The van der Waals surface area contributed by atoms with Crippen LogP contribution in [-0.4, -0.2) is 50.8 Å². The lowest BCUT2D eigenvalue weighted by atomic mass is 9.81. The summed E-state index contributed by atoms with van der Waals surface area (Å²) < 4.78 is 0. The van der Waals surface area contributed by atoms with Crippen LogP contribution in [0.4, 0.5) is 16.3 Å². The van der Waals surface area contributed by atoms with Gasteiger partial charge in [-0.05, 0) is 68.1 Å². The second kappa shape index (κ2) is 11.4. The lowest BCUT2D eigenvalue weighted by Crippen LogP contribution is -2.70. The molecule has 3 aromatic heterocycles. The van der Waals surface area contributed by atoms with Gasteiger partial charge in [-0.25, -0.2) is 9.78 Å². The number of nitrogens with zero attached hydrogens (tertiary/aromatic N) is 5. The molecule has 38 heavy (non-hydrogen) atoms. The first kappa shape index (κ1) is 26.7. The number of β-lactam (4-membered cyclic amide) rings is 1. The molecule has 0 unspecified atom stereocenters. The summed E-state index contributed by atoms with van der Waals surface area (Å²) in [7, 11) is 1.63. The van der Waals surface area contributed by atoms with Gasteiger partial charge >= 0.3 is 6.03 Å². The number of urea groups is 1. The molecule has 0 aliphatic carbocycles. The van der Waals surface area contributed by atoms with Gasteiger partial charge in [0, 0.05) is 42.7 Å². The van der Waals surface area contributed by atoms with Crippen molar-refractivity contribution in [1.82, 2.24) is 25.2 Å². The topological polar surface area (TPSA) is 134 Å². The van der Waals surface area contributed by atoms with Gasteiger partial charge in [-0.2, -0.15) is 0 Å². The molecular weight excluding hydrogens is 482 g/mol. The summed E-state index contributed by atoms with van der Waals surface area (Å²) in [5, 5.41) is 2.97. The highest BCUT2D eigenvalue weighted by molar-refractivity contribution is 6.12. The summed E-state index contributed by atoms with van der Waals surface area (Å²) in [6.45, 7) is 5.73. The number of nitrogens with one attached hydrogen (secondary N) is 1. The Balaban J connectivity index is 1.61. The van der Waals surface area contributed by atoms with Crippen LogP contribution in [-0.2, 0) is 16.0 Å². The molecule has 3 atom stereocenters. The summed E-state index contributed by atoms with van der Waals surface area (Å²) in [5.74, 6) is -1.15. The van der Waals surface area contributed by atoms with Crippen LogP contribution in [0.2, 0.25) is 0 Å². The van der Waals surface area contributed by atoms with Crippen LogP contribution in [0.3, 0.4) is 0 Å². The van der Waals surface area contributed by atoms with Crippen LogP contribution < -0.4 is 16.0 Å². The molecule has 3 N–H and O–H groups in total. The molecule has 4 amide bonds. The predicted molar refractivity (Wildman–Crippen MR) is 144 cm³/mol. The Kier molecular flexibility index (Phi) is 7.99. The first-order valence-electron chi connectivity index (χ1n) is 12.7. The van der Waals surface area contributed by atoms with Crippen molar-refractivity contribution < 1.29 is 14.4 Å². The average Bonchev–Trinajstić information content (AvgIpc) is 2.89. The van der Waals surface area contributed by atoms with E-state index in [0.29, 0.717) is 23.6 Å². The van der Waals surface area contributed by atoms with Gasteiger partial charge in [-0.15, -0.1) is 0 Å². The molecule has 4 rings (SSSR count). The molecule has 1 saturated heterocycles. The summed E-state index contributed by atoms with van der Waals surface area (Å²) in [6.07, 6.45) is 6.63. The molecule has 1 aliphatic rings. The molecule has 0 saturated carbocycles. The lowest BCUT2D eigenvalue weighted by molar-refractivity contribution is -0.156. The van der Waals surface area contributed by atoms with Gasteiger partial charge in [0.2, 0.25) is 5.91 Å². The van der Waals surface area contributed by atoms with Crippen LogP contribution >= 0.6 is 0 Å². The fraction of sp³-hybridized carbons (Fsp3) is 0.357. The third-order valence-corrected chi connectivity index (χ3v) is 6.77. The molecule has 0 aromatic carbocycles. The summed E-state index contributed by atoms with van der Waals surface area (Å²) >= 11 is 0. The zero-order valence-corrected chi connectivity index (χ0v) is 22.1. The third kappa shape index (κ3) is 5.64. The fourth-order valence-electron chi connectivity index (χ4n) is 4.80. The highest BCUT2D eigenvalue weighted by Crippen LogP contribution is 2.33. The van der Waals surface area contributed by atoms with E-state index in [2.05, 4.69) is 20.3 Å². The van der Waals surface area contributed by atoms with Crippen molar-refractivity contribution in [2.24, 2.45) is 5.92 Å². The van der Waals surface area contributed by atoms with Crippen LogP contribution in [0.25, 0.3) is 0 Å². The zero-order valence-electron chi connectivity index (χ0n) is 22.1. The Morgan fingerprint density at radius 2 is 1.87 bits per heavy atom. The smallest absolute Gasteiger partial charge is 0.325 e. The van der Waals surface area contributed by atoms with Crippen molar-refractivity contribution >= 4 is 29.4 Å². The van der Waals surface area contributed by atoms with Crippen molar-refractivity contribution in [1.29, 1.82) is 0 Å². The molecule has 10 nitrogen and oxygen atoms in total. The predicted octanol–water partition coefficient (Wildman–Crippen LogP) is 3.35. The van der Waals surface area contributed by atoms with Gasteiger partial charge in [0.05, 0.1) is 12.0 Å². The number of carbonyl (C=O) groups is 3. The number of carbonyl (C=O) groups excluding carboxylic acids is 3. The number of nitrogen functional groups attached to an aromatic ring is 1. The standard InChI is InChI=1S/C28H33N7O3/c1-5-6-23(20-8-7-17(2)31-16-20)33-28(38)35-25(27(37)34(4)21-9-11-30-12-10-21)22(26(35)36)14-19-13-18(3)32-24(29)15-19/h7-13,15-16,22-23,25H,5-6,14H2,1-4H3,(H2,29,32)(H,33,38)/t22-,23-,25+/m1/s1. The van der Waals surface area contributed by atoms with Crippen LogP contribution in [0.5, 0.6) is 0 Å². The number of aryl methyl sites for hydroxylation is 2. The number of likely N-dealkylation sites (tertiary alicyclic amines) is 1. The lowest BCUT2D eigenvalue weighted by Gasteiger charge is -2.46. The molecule has 0 spiro atoms. The maximum atomic E-state index is 13.7. The van der Waals surface area contributed by atoms with Crippen LogP contribution in [0, 0.1) is 19.8 Å². The number of hydrogen-bond donors (Lipinski definition) is 2. The van der Waals surface area contributed by atoms with Crippen molar-refractivity contribution in [2.45, 2.75) is 52.1 Å². The van der Waals surface area contributed by atoms with Gasteiger partial charge < -0.3 is 16.0 Å². The van der Waals surface area contributed by atoms with Crippen LogP contribution in [0.1, 0.15) is 48.3 Å². The highest BCUT2D eigenvalue weighted by Gasteiger charge is 2.55. The van der Waals surface area contributed by atoms with E-state index in [4.69, 9.17) is 5.73 Å². The normalized spacial score (nSPS) is 17.5. The van der Waals surface area contributed by atoms with E-state index in [9.17, 15) is 14.4 Å². The maximum absolute atomic E-state index is 13.7. The third-order valence-electron chi connectivity index (χ3n) is 6.77. The number of imide groups is 1. The molecule has 3 aromatic rings. The van der Waals surface area contributed by atoms with Gasteiger partial charge in [0.1, 0.15) is 11.9 Å². The Morgan fingerprint density at radius 3 is 2.50 bits per heavy atom. The second-order valence-electron chi connectivity index (χ2n) is 9.63. The van der Waals surface area contributed by atoms with E-state index in [1.807, 2.05) is 39.0 Å². The van der Waals surface area contributed by atoms with Crippen molar-refractivity contribution in [3.63, 3.8) is 0 Å². The van der Waals surface area contributed by atoms with E-state index < -0.39 is 23.9 Å². The molecule has 0 bridgehead atoms. The largest absolute Gasteiger partial charge is 0.384 e. The maximum Gasteiger partial charge on any atom is 0.325 e. The van der Waals surface area contributed by atoms with Crippen LogP contribution in [0.15, 0.2) is 55.0 Å². The molecule has 198 valence electrons. The number of rotatable bonds is 8. The van der Waals surface area contributed by atoms with Crippen molar-refractivity contribution in [3.05, 3.63) is 77.5 Å². The fourth-order valence-corrected chi connectivity index (χ4v) is 4.80. The molecule has 0 radical (unpaired) electrons. The first-order valence-corrected chi connectivity index (χ1v) is 12.7. The SMILES string of the molecule is CCC[C@@H](NC(=O)N1C(=O)[C@H](Cc2cc(C)nc(N)c2)[C@H]1C(=O)N(C)c1ccncc1)c1ccc(C)nc1. The number of nitrogens with two attached hydrogens (primary N) is 1. The highest BCUT2D eigenvalue weighted by atomic mass is 16.2. The number of pyridine rings is 3. The van der Waals surface area contributed by atoms with Gasteiger partial charge in [-0.1, -0.05) is 19.4 Å². The number of amides is 4. The quantitative estimate of drug-likeness (QED) is 0.439. The Hall–Kier alpha value is -4.34. The van der Waals surface area contributed by atoms with Gasteiger partial charge in [-0.3, -0.25) is 24.5 Å². The van der Waals surface area contributed by atoms with E-state index in [1.165, 1.54) is 4.90 Å². The number of aromatic nitrogens is 3. The van der Waals surface area contributed by atoms with E-state index in [0.717, 1.165) is 28.1 Å². The molecule has 4 heterocycles. The molecular formula is C28H33N7O3. The molecule has 10 heteroatoms. The number of anilines is 2. The average molecular weight is 516 g/mol. The van der Waals surface area contributed by atoms with E-state index in [1.54, 1.807) is 43.8 Å². The second-order valence-corrected chi connectivity index (χ2v) is 9.63. The monoisotopic (exact) mass is 515 g/mol. The minimum absolute atomic E-state index is 0.261. The van der Waals surface area contributed by atoms with Gasteiger partial charge in [0.15, 0.2) is 0 Å². The molecule has 1 fully saturated rings. The van der Waals surface area contributed by atoms with Crippen molar-refractivity contribution in [3.8, 4) is 0 Å². The van der Waals surface area contributed by atoms with Crippen molar-refractivity contribution in [2.75, 3.05) is 17.7 Å². The summed E-state index contributed by atoms with van der Waals surface area (Å²) in [5.41, 5.74) is 9.74. The summed E-state index contributed by atoms with van der Waals surface area (Å²) in [4.78, 5) is 55.7. The minimum Gasteiger partial charge on any atom is -0.384 e. The van der Waals surface area contributed by atoms with E-state index in [-0.39, 0.29) is 18.4 Å². The zero-order chi connectivity index (χ0) is 27.4. The Labute approximate surface area is 222 Å². The van der Waals surface area contributed by atoms with Gasteiger partial charge in [0.25, 0.3) is 5.91 Å². The van der Waals surface area contributed by atoms with E-state index >= 15 is 0 Å². The first-order chi connectivity index (χ1) is 18.2. The Morgan fingerprint density at radius 1 is 1.13 bits per heavy atom.